The summed E-state index contributed by atoms with van der Waals surface area (Å²) in [5.41, 5.74) is -1.23. The molecule has 2 aromatic heterocycles. The van der Waals surface area contributed by atoms with Gasteiger partial charge in [-0.2, -0.15) is 0 Å². The predicted octanol–water partition coefficient (Wildman–Crippen LogP) is 3.81. The summed E-state index contributed by atoms with van der Waals surface area (Å²) in [6, 6.07) is 14.6. The molecule has 0 saturated carbocycles. The van der Waals surface area contributed by atoms with E-state index in [4.69, 9.17) is 9.47 Å². The van der Waals surface area contributed by atoms with Gasteiger partial charge in [0.25, 0.3) is 11.5 Å². The summed E-state index contributed by atoms with van der Waals surface area (Å²) in [7, 11) is -1.13. The molecule has 5 aromatic rings. The number of pyridine rings is 1. The Balaban J connectivity index is 1.47. The molecule has 0 spiro atoms. The second-order valence-electron chi connectivity index (χ2n) is 9.24. The van der Waals surface area contributed by atoms with Gasteiger partial charge in [-0.15, -0.1) is 0 Å². The average molecular weight is 605 g/mol. The second-order valence-corrected chi connectivity index (χ2v) is 11.2. The third-order valence-electron chi connectivity index (χ3n) is 6.74. The summed E-state index contributed by atoms with van der Waals surface area (Å²) in [6.45, 7) is 1.83. The number of amides is 1. The van der Waals surface area contributed by atoms with Crippen molar-refractivity contribution in [3.05, 3.63) is 111 Å². The van der Waals surface area contributed by atoms with E-state index in [1.165, 1.54) is 73.5 Å². The summed E-state index contributed by atoms with van der Waals surface area (Å²) in [4.78, 5) is 43.4. The molecule has 1 N–H and O–H groups in total. The number of rotatable bonds is 8. The molecule has 11 nitrogen and oxygen atoms in total. The highest BCUT2D eigenvalue weighted by Crippen LogP contribution is 2.35. The molecule has 0 unspecified atom stereocenters. The molecule has 43 heavy (non-hydrogen) atoms. The van der Waals surface area contributed by atoms with E-state index in [-0.39, 0.29) is 33.3 Å². The van der Waals surface area contributed by atoms with E-state index < -0.39 is 32.8 Å². The van der Waals surface area contributed by atoms with Gasteiger partial charge in [0.05, 0.1) is 35.2 Å². The first-order valence-corrected chi connectivity index (χ1v) is 14.4. The van der Waals surface area contributed by atoms with E-state index in [1.807, 2.05) is 0 Å². The zero-order valence-electron chi connectivity index (χ0n) is 23.2. The SMILES string of the molecule is CCn1cc(C(=O)Nc2ccc(S(=O)(=O)c3ccnc4cc(OC)c(OC)cc34)cc2)c(=O)n(-c2ccc(F)cc2)c1=O. The lowest BCUT2D eigenvalue weighted by atomic mass is 10.2. The lowest BCUT2D eigenvalue weighted by Crippen LogP contribution is -2.42. The molecule has 0 radical (unpaired) electrons. The number of aromatic nitrogens is 3. The summed E-state index contributed by atoms with van der Waals surface area (Å²) < 4.78 is 53.2. The van der Waals surface area contributed by atoms with Crippen LogP contribution in [0, 0.1) is 5.82 Å². The predicted molar refractivity (Wildman–Crippen MR) is 157 cm³/mol. The molecule has 2 heterocycles. The van der Waals surface area contributed by atoms with Crippen LogP contribution in [0.5, 0.6) is 11.5 Å². The highest BCUT2D eigenvalue weighted by atomic mass is 32.2. The van der Waals surface area contributed by atoms with Gasteiger partial charge in [0.1, 0.15) is 11.4 Å². The fourth-order valence-corrected chi connectivity index (χ4v) is 5.97. The Labute approximate surface area is 244 Å². The number of methoxy groups -OCH3 is 2. The van der Waals surface area contributed by atoms with Crippen molar-refractivity contribution in [1.29, 1.82) is 0 Å². The topological polar surface area (TPSA) is 139 Å². The summed E-state index contributed by atoms with van der Waals surface area (Å²) in [5, 5.41) is 2.90. The fraction of sp³-hybridized carbons (Fsp3) is 0.133. The third kappa shape index (κ3) is 5.37. The van der Waals surface area contributed by atoms with Crippen LogP contribution in [-0.2, 0) is 16.4 Å². The summed E-state index contributed by atoms with van der Waals surface area (Å²) in [6.07, 6.45) is 2.53. The highest BCUT2D eigenvalue weighted by Gasteiger charge is 2.23. The minimum absolute atomic E-state index is 0.00148. The maximum atomic E-state index is 13.6. The van der Waals surface area contributed by atoms with E-state index >= 15 is 0 Å². The number of benzene rings is 3. The molecular formula is C30H25FN4O7S. The lowest BCUT2D eigenvalue weighted by Gasteiger charge is -2.13. The van der Waals surface area contributed by atoms with Crippen LogP contribution >= 0.6 is 0 Å². The quantitative estimate of drug-likeness (QED) is 0.282. The molecule has 5 rings (SSSR count). The van der Waals surface area contributed by atoms with Gasteiger partial charge in [-0.1, -0.05) is 0 Å². The number of nitrogens with zero attached hydrogens (tertiary/aromatic N) is 3. The van der Waals surface area contributed by atoms with Crippen LogP contribution in [0.25, 0.3) is 16.6 Å². The van der Waals surface area contributed by atoms with Crippen molar-refractivity contribution in [3.63, 3.8) is 0 Å². The van der Waals surface area contributed by atoms with Crippen molar-refractivity contribution in [3.8, 4) is 17.2 Å². The number of halogens is 1. The Hall–Kier alpha value is -5.30. The van der Waals surface area contributed by atoms with E-state index in [0.29, 0.717) is 22.4 Å². The van der Waals surface area contributed by atoms with Gasteiger partial charge >= 0.3 is 5.69 Å². The second kappa shape index (κ2) is 11.5. The van der Waals surface area contributed by atoms with E-state index in [0.717, 1.165) is 22.9 Å². The van der Waals surface area contributed by atoms with Gasteiger partial charge in [-0.25, -0.2) is 22.2 Å². The van der Waals surface area contributed by atoms with Gasteiger partial charge in [0, 0.05) is 36.1 Å². The van der Waals surface area contributed by atoms with E-state index in [9.17, 15) is 27.2 Å². The molecule has 0 aliphatic carbocycles. The van der Waals surface area contributed by atoms with Gasteiger partial charge in [0.2, 0.25) is 9.84 Å². The monoisotopic (exact) mass is 604 g/mol. The number of anilines is 1. The molecule has 1 amide bonds. The van der Waals surface area contributed by atoms with Crippen LogP contribution in [0.2, 0.25) is 0 Å². The highest BCUT2D eigenvalue weighted by molar-refractivity contribution is 7.91. The van der Waals surface area contributed by atoms with Gasteiger partial charge in [0.15, 0.2) is 11.5 Å². The van der Waals surface area contributed by atoms with Crippen molar-refractivity contribution >= 4 is 32.3 Å². The van der Waals surface area contributed by atoms with Crippen LogP contribution in [0.4, 0.5) is 10.1 Å². The normalized spacial score (nSPS) is 11.3. The number of nitrogens with one attached hydrogen (secondary N) is 1. The number of carbonyl (C=O) groups excluding carboxylic acids is 1. The van der Waals surface area contributed by atoms with Crippen LogP contribution < -0.4 is 26.0 Å². The van der Waals surface area contributed by atoms with Crippen molar-refractivity contribution in [1.82, 2.24) is 14.1 Å². The average Bonchev–Trinajstić information content (AvgIpc) is 3.01. The van der Waals surface area contributed by atoms with Crippen LogP contribution in [0.1, 0.15) is 17.3 Å². The largest absolute Gasteiger partial charge is 0.493 e. The number of aryl methyl sites for hydroxylation is 1. The molecule has 220 valence electrons. The maximum absolute atomic E-state index is 13.6. The number of sulfone groups is 1. The third-order valence-corrected chi connectivity index (χ3v) is 8.57. The van der Waals surface area contributed by atoms with Crippen LogP contribution in [0.3, 0.4) is 0 Å². The smallest absolute Gasteiger partial charge is 0.335 e. The Kier molecular flexibility index (Phi) is 7.83. The van der Waals surface area contributed by atoms with Gasteiger partial charge in [-0.05, 0) is 67.6 Å². The summed E-state index contributed by atoms with van der Waals surface area (Å²) >= 11 is 0. The van der Waals surface area contributed by atoms with Crippen molar-refractivity contribution < 1.29 is 27.1 Å². The number of hydrogen-bond donors (Lipinski definition) is 1. The Morgan fingerprint density at radius 2 is 1.60 bits per heavy atom. The molecule has 0 aliphatic rings. The minimum Gasteiger partial charge on any atom is -0.493 e. The molecular weight excluding hydrogens is 579 g/mol. The molecule has 0 atom stereocenters. The fourth-order valence-electron chi connectivity index (χ4n) is 4.53. The van der Waals surface area contributed by atoms with Crippen molar-refractivity contribution in [2.45, 2.75) is 23.3 Å². The minimum atomic E-state index is -4.03. The van der Waals surface area contributed by atoms with E-state index in [1.54, 1.807) is 13.0 Å². The Morgan fingerprint density at radius 1 is 0.953 bits per heavy atom. The first-order chi connectivity index (χ1) is 20.6. The Bertz CT molecular complexity index is 2090. The molecule has 0 aliphatic heterocycles. The number of hydrogen-bond acceptors (Lipinski definition) is 8. The van der Waals surface area contributed by atoms with Crippen molar-refractivity contribution in [2.24, 2.45) is 0 Å². The first kappa shape index (κ1) is 29.2. The summed E-state index contributed by atoms with van der Waals surface area (Å²) in [5.74, 6) is -0.634. The molecule has 3 aromatic carbocycles. The molecule has 0 bridgehead atoms. The van der Waals surface area contributed by atoms with Crippen LogP contribution in [-0.4, -0.2) is 42.7 Å². The molecule has 0 saturated heterocycles. The van der Waals surface area contributed by atoms with E-state index in [2.05, 4.69) is 10.3 Å². The lowest BCUT2D eigenvalue weighted by molar-refractivity contribution is 0.102. The first-order valence-electron chi connectivity index (χ1n) is 12.9. The number of fused-ring (bicyclic) bond motifs is 1. The zero-order valence-corrected chi connectivity index (χ0v) is 24.0. The van der Waals surface area contributed by atoms with Crippen LogP contribution in [0.15, 0.2) is 98.5 Å². The molecule has 13 heteroatoms. The standard InChI is InChI=1S/C30H25FN4O7S/c1-4-34-17-23(29(37)35(30(34)38)20-9-5-18(31)6-10-20)28(36)33-19-7-11-21(12-8-19)43(39,40)27-13-14-32-24-16-26(42-3)25(41-2)15-22(24)27/h5-17H,4H2,1-3H3,(H,33,36). The van der Waals surface area contributed by atoms with Crippen molar-refractivity contribution in [2.75, 3.05) is 19.5 Å². The Morgan fingerprint density at radius 3 is 2.23 bits per heavy atom. The maximum Gasteiger partial charge on any atom is 0.335 e. The zero-order chi connectivity index (χ0) is 30.9. The number of ether oxygens (including phenoxy) is 2. The molecule has 0 fully saturated rings. The van der Waals surface area contributed by atoms with Gasteiger partial charge in [-0.3, -0.25) is 19.1 Å². The van der Waals surface area contributed by atoms with Gasteiger partial charge < -0.3 is 14.8 Å². The number of carbonyl (C=O) groups is 1.